The van der Waals surface area contributed by atoms with Gasteiger partial charge in [-0.1, -0.05) is 12.1 Å². The summed E-state index contributed by atoms with van der Waals surface area (Å²) in [6.07, 6.45) is 2.00. The van der Waals surface area contributed by atoms with Gasteiger partial charge in [-0.25, -0.2) is 13.1 Å². The molecular weight excluding hydrogens is 467 g/mol. The zero-order valence-electron chi connectivity index (χ0n) is 16.1. The minimum atomic E-state index is -3.27. The van der Waals surface area contributed by atoms with Crippen molar-refractivity contribution in [1.29, 1.82) is 0 Å². The quantitative estimate of drug-likeness (QED) is 0.274. The van der Waals surface area contributed by atoms with Crippen molar-refractivity contribution in [3.05, 3.63) is 29.8 Å². The van der Waals surface area contributed by atoms with Crippen LogP contribution in [0, 0.1) is 0 Å². The number of halogens is 1. The third kappa shape index (κ3) is 10.8. The molecule has 150 valence electrons. The zero-order chi connectivity index (χ0) is 18.9. The monoisotopic (exact) mass is 498 g/mol. The third-order valence-corrected chi connectivity index (χ3v) is 4.23. The van der Waals surface area contributed by atoms with Gasteiger partial charge in [-0.05, 0) is 44.9 Å². The van der Waals surface area contributed by atoms with Gasteiger partial charge in [0.2, 0.25) is 10.0 Å². The number of sulfonamides is 1. The summed E-state index contributed by atoms with van der Waals surface area (Å²) in [6.45, 7) is 7.38. The molecule has 0 aliphatic rings. The van der Waals surface area contributed by atoms with E-state index in [4.69, 9.17) is 4.74 Å². The van der Waals surface area contributed by atoms with E-state index in [0.29, 0.717) is 12.5 Å². The number of aliphatic imine (C=N–C) groups is 1. The molecule has 26 heavy (non-hydrogen) atoms. The Balaban J connectivity index is 0.00000625. The normalized spacial score (nSPS) is 12.3. The molecule has 0 fully saturated rings. The van der Waals surface area contributed by atoms with Gasteiger partial charge >= 0.3 is 0 Å². The average molecular weight is 498 g/mol. The second kappa shape index (κ2) is 11.6. The topological polar surface area (TPSA) is 91.8 Å². The Morgan fingerprint density at radius 1 is 1.19 bits per heavy atom. The maximum absolute atomic E-state index is 11.4. The van der Waals surface area contributed by atoms with Crippen LogP contribution in [0.15, 0.2) is 29.3 Å². The number of nitrogens with zero attached hydrogens (tertiary/aromatic N) is 1. The van der Waals surface area contributed by atoms with Crippen molar-refractivity contribution < 1.29 is 13.2 Å². The summed E-state index contributed by atoms with van der Waals surface area (Å²) in [5, 5.41) is 6.43. The van der Waals surface area contributed by atoms with Gasteiger partial charge in [-0.15, -0.1) is 24.0 Å². The fourth-order valence-electron chi connectivity index (χ4n) is 2.27. The van der Waals surface area contributed by atoms with E-state index in [1.807, 2.05) is 31.2 Å². The summed E-state index contributed by atoms with van der Waals surface area (Å²) >= 11 is 0. The summed E-state index contributed by atoms with van der Waals surface area (Å²) in [6, 6.07) is 7.94. The summed E-state index contributed by atoms with van der Waals surface area (Å²) < 4.78 is 30.5. The smallest absolute Gasteiger partial charge is 0.209 e. The molecular formula is C17H31IN4O3S. The number of hydrogen-bond acceptors (Lipinski definition) is 4. The van der Waals surface area contributed by atoms with Crippen LogP contribution in [0.25, 0.3) is 0 Å². The molecule has 0 amide bonds. The maximum Gasteiger partial charge on any atom is 0.209 e. The second-order valence-electron chi connectivity index (χ2n) is 6.48. The van der Waals surface area contributed by atoms with E-state index in [2.05, 4.69) is 20.3 Å². The Morgan fingerprint density at radius 3 is 2.31 bits per heavy atom. The molecule has 9 heteroatoms. The lowest BCUT2D eigenvalue weighted by Crippen LogP contribution is -2.47. The summed E-state index contributed by atoms with van der Waals surface area (Å²) in [4.78, 5) is 4.48. The van der Waals surface area contributed by atoms with E-state index < -0.39 is 15.6 Å². The molecule has 0 heterocycles. The van der Waals surface area contributed by atoms with E-state index >= 15 is 0 Å². The number of guanidine groups is 1. The fraction of sp³-hybridized carbons (Fsp3) is 0.588. The van der Waals surface area contributed by atoms with Gasteiger partial charge in [0.05, 0.1) is 19.9 Å². The van der Waals surface area contributed by atoms with Gasteiger partial charge < -0.3 is 15.4 Å². The molecule has 0 atom stereocenters. The van der Waals surface area contributed by atoms with E-state index in [-0.39, 0.29) is 24.0 Å². The molecule has 0 aromatic heterocycles. The number of ether oxygens (including phenoxy) is 1. The number of hydrogen-bond donors (Lipinski definition) is 3. The van der Waals surface area contributed by atoms with Crippen LogP contribution in [0.4, 0.5) is 0 Å². The Morgan fingerprint density at radius 2 is 1.81 bits per heavy atom. The lowest BCUT2D eigenvalue weighted by molar-refractivity contribution is 0.414. The van der Waals surface area contributed by atoms with Crippen molar-refractivity contribution in [3.8, 4) is 5.75 Å². The molecule has 7 nitrogen and oxygen atoms in total. The van der Waals surface area contributed by atoms with Crippen LogP contribution in [-0.4, -0.2) is 52.9 Å². The molecule has 0 saturated heterocycles. The van der Waals surface area contributed by atoms with Gasteiger partial charge in [0.25, 0.3) is 0 Å². The SMILES string of the molecule is CCNC(=NCC(C)(C)NS(C)(=O)=O)NCCc1ccc(OC)cc1.I. The fourth-order valence-corrected chi connectivity index (χ4v) is 3.34. The van der Waals surface area contributed by atoms with Crippen molar-refractivity contribution in [2.45, 2.75) is 32.7 Å². The summed E-state index contributed by atoms with van der Waals surface area (Å²) in [7, 11) is -1.62. The standard InChI is InChI=1S/C17H30N4O3S.HI/c1-6-18-16(20-13-17(2,3)21-25(5,22)23)19-12-11-14-7-9-15(24-4)10-8-14;/h7-10,21H,6,11-13H2,1-5H3,(H2,18,19,20);1H. The highest BCUT2D eigenvalue weighted by molar-refractivity contribution is 14.0. The third-order valence-electron chi connectivity index (χ3n) is 3.30. The maximum atomic E-state index is 11.4. The van der Waals surface area contributed by atoms with Crippen molar-refractivity contribution in [3.63, 3.8) is 0 Å². The van der Waals surface area contributed by atoms with Crippen LogP contribution in [0.1, 0.15) is 26.3 Å². The van der Waals surface area contributed by atoms with Gasteiger partial charge in [-0.3, -0.25) is 4.99 Å². The van der Waals surface area contributed by atoms with Crippen LogP contribution in [-0.2, 0) is 16.4 Å². The van der Waals surface area contributed by atoms with E-state index in [0.717, 1.165) is 31.5 Å². The minimum absolute atomic E-state index is 0. The predicted octanol–water partition coefficient (Wildman–Crippen LogP) is 1.74. The Hall–Kier alpha value is -1.07. The zero-order valence-corrected chi connectivity index (χ0v) is 19.3. The number of nitrogens with one attached hydrogen (secondary N) is 3. The van der Waals surface area contributed by atoms with Crippen LogP contribution >= 0.6 is 24.0 Å². The molecule has 0 bridgehead atoms. The van der Waals surface area contributed by atoms with Gasteiger partial charge in [0.1, 0.15) is 5.75 Å². The van der Waals surface area contributed by atoms with Crippen molar-refractivity contribution in [2.24, 2.45) is 4.99 Å². The second-order valence-corrected chi connectivity index (χ2v) is 8.23. The highest BCUT2D eigenvalue weighted by Crippen LogP contribution is 2.11. The molecule has 1 aromatic rings. The Labute approximate surface area is 174 Å². The molecule has 0 aliphatic carbocycles. The number of rotatable bonds is 9. The molecule has 0 unspecified atom stereocenters. The van der Waals surface area contributed by atoms with Crippen LogP contribution in [0.3, 0.4) is 0 Å². The largest absolute Gasteiger partial charge is 0.497 e. The van der Waals surface area contributed by atoms with E-state index in [9.17, 15) is 8.42 Å². The lowest BCUT2D eigenvalue weighted by atomic mass is 10.1. The molecule has 0 saturated carbocycles. The van der Waals surface area contributed by atoms with E-state index in [1.54, 1.807) is 21.0 Å². The summed E-state index contributed by atoms with van der Waals surface area (Å²) in [5.41, 5.74) is 0.551. The first-order valence-electron chi connectivity index (χ1n) is 8.29. The molecule has 0 radical (unpaired) electrons. The minimum Gasteiger partial charge on any atom is -0.497 e. The first kappa shape index (κ1) is 24.9. The van der Waals surface area contributed by atoms with Crippen molar-refractivity contribution in [2.75, 3.05) is 33.0 Å². The van der Waals surface area contributed by atoms with Gasteiger partial charge in [-0.2, -0.15) is 0 Å². The van der Waals surface area contributed by atoms with Crippen molar-refractivity contribution >= 4 is 40.0 Å². The first-order valence-corrected chi connectivity index (χ1v) is 10.2. The lowest BCUT2D eigenvalue weighted by Gasteiger charge is -2.23. The van der Waals surface area contributed by atoms with Gasteiger partial charge in [0.15, 0.2) is 5.96 Å². The molecule has 1 rings (SSSR count). The van der Waals surface area contributed by atoms with Crippen LogP contribution in [0.2, 0.25) is 0 Å². The average Bonchev–Trinajstić information content (AvgIpc) is 2.51. The first-order chi connectivity index (χ1) is 11.6. The molecule has 1 aromatic carbocycles. The molecule has 3 N–H and O–H groups in total. The number of methoxy groups -OCH3 is 1. The van der Waals surface area contributed by atoms with Gasteiger partial charge in [0, 0.05) is 18.6 Å². The Kier molecular flexibility index (Phi) is 11.1. The highest BCUT2D eigenvalue weighted by atomic mass is 127. The van der Waals surface area contributed by atoms with E-state index in [1.165, 1.54) is 5.56 Å². The highest BCUT2D eigenvalue weighted by Gasteiger charge is 2.21. The number of benzene rings is 1. The van der Waals surface area contributed by atoms with Crippen molar-refractivity contribution in [1.82, 2.24) is 15.4 Å². The van der Waals surface area contributed by atoms with Crippen LogP contribution in [0.5, 0.6) is 5.75 Å². The molecule has 0 aliphatic heterocycles. The predicted molar refractivity (Wildman–Crippen MR) is 118 cm³/mol. The molecule has 0 spiro atoms. The van der Waals surface area contributed by atoms with Crippen LogP contribution < -0.4 is 20.1 Å². The summed E-state index contributed by atoms with van der Waals surface area (Å²) in [5.74, 6) is 1.51. The Bertz CT molecular complexity index is 661.